The molecule has 1 aliphatic heterocycles. The van der Waals surface area contributed by atoms with Gasteiger partial charge in [0.15, 0.2) is 11.4 Å². The van der Waals surface area contributed by atoms with E-state index in [0.29, 0.717) is 5.57 Å². The van der Waals surface area contributed by atoms with Crippen LogP contribution in [-0.2, 0) is 23.8 Å². The molecule has 10 nitrogen and oxygen atoms in total. The fourth-order valence-corrected chi connectivity index (χ4v) is 7.66. The first-order chi connectivity index (χ1) is 18.1. The molecule has 5 rings (SSSR count). The van der Waals surface area contributed by atoms with Gasteiger partial charge in [0.05, 0.1) is 35.7 Å². The third-order valence-corrected chi connectivity index (χ3v) is 9.95. The standard InChI is InChI=1S/C29H36O10/c1-14-17(31)12-29(36)24(38-25(35)16-9-7-6-8-10-16)22-27(5,23(34)21(33)20(14)26(29,3)4)18(32)11-19-28(22,13-37-19)39-15(2)30/h6-10,17-19,21-22,24,31-33,36H,11-13H2,1-5H3/t17-,18-,19+,21+,22-,24-,27+,28-,29-/m0/s1. The summed E-state index contributed by atoms with van der Waals surface area (Å²) >= 11 is 0. The van der Waals surface area contributed by atoms with Crippen LogP contribution in [0, 0.1) is 16.7 Å². The van der Waals surface area contributed by atoms with E-state index < -0.39 is 76.2 Å². The molecule has 0 radical (unpaired) electrons. The predicted molar refractivity (Wildman–Crippen MR) is 135 cm³/mol. The lowest BCUT2D eigenvalue weighted by Gasteiger charge is -2.67. The van der Waals surface area contributed by atoms with Gasteiger partial charge in [0.1, 0.15) is 23.9 Å². The zero-order valence-electron chi connectivity index (χ0n) is 22.7. The number of aliphatic hydroxyl groups excluding tert-OH is 3. The van der Waals surface area contributed by atoms with Crippen molar-refractivity contribution < 1.29 is 49.0 Å². The first-order valence-electron chi connectivity index (χ1n) is 13.2. The quantitative estimate of drug-likeness (QED) is 0.320. The highest BCUT2D eigenvalue weighted by molar-refractivity contribution is 5.94. The Morgan fingerprint density at radius 3 is 2.28 bits per heavy atom. The van der Waals surface area contributed by atoms with E-state index in [-0.39, 0.29) is 30.6 Å². The van der Waals surface area contributed by atoms with Gasteiger partial charge in [-0.2, -0.15) is 0 Å². The average molecular weight is 545 g/mol. The smallest absolute Gasteiger partial charge is 0.338 e. The van der Waals surface area contributed by atoms with E-state index in [0.717, 1.165) is 0 Å². The van der Waals surface area contributed by atoms with Gasteiger partial charge in [-0.15, -0.1) is 0 Å². The van der Waals surface area contributed by atoms with Crippen molar-refractivity contribution in [3.05, 3.63) is 47.0 Å². The molecule has 4 aliphatic rings. The lowest BCUT2D eigenvalue weighted by Crippen LogP contribution is -2.81. The summed E-state index contributed by atoms with van der Waals surface area (Å²) in [6, 6.07) is 8.08. The maximum absolute atomic E-state index is 14.3. The highest BCUT2D eigenvalue weighted by Gasteiger charge is 2.77. The summed E-state index contributed by atoms with van der Waals surface area (Å²) in [6.07, 6.45) is -7.26. The molecule has 4 N–H and O–H groups in total. The minimum Gasteiger partial charge on any atom is -0.455 e. The molecule has 2 saturated carbocycles. The molecule has 212 valence electrons. The lowest BCUT2D eigenvalue weighted by molar-refractivity contribution is -0.345. The molecule has 10 heteroatoms. The second-order valence-electron chi connectivity index (χ2n) is 12.2. The molecule has 2 bridgehead atoms. The molecular formula is C29H36O10. The maximum atomic E-state index is 14.3. The van der Waals surface area contributed by atoms with Crippen LogP contribution in [0.4, 0.5) is 0 Å². The van der Waals surface area contributed by atoms with Crippen molar-refractivity contribution in [1.82, 2.24) is 0 Å². The molecule has 1 heterocycles. The SMILES string of the molecule is CC(=O)O[C@@]12CO[C@@H]1C[C@H](O)[C@@]1(C)C(=O)[C@H](O)C3=C(C)[C@@H](O)C[C@](O)([C@@H](OC(=O)c4ccccc4)[C@H]21)C3(C)C. The van der Waals surface area contributed by atoms with Crippen molar-refractivity contribution >= 4 is 17.7 Å². The molecular weight excluding hydrogens is 508 g/mol. The minimum atomic E-state index is -2.07. The van der Waals surface area contributed by atoms with Crippen LogP contribution < -0.4 is 0 Å². The van der Waals surface area contributed by atoms with Crippen LogP contribution in [0.25, 0.3) is 0 Å². The fraction of sp³-hybridized carbons (Fsp3) is 0.621. The molecule has 0 unspecified atom stereocenters. The summed E-state index contributed by atoms with van der Waals surface area (Å²) in [7, 11) is 0. The van der Waals surface area contributed by atoms with Crippen LogP contribution in [0.2, 0.25) is 0 Å². The first kappa shape index (κ1) is 27.9. The van der Waals surface area contributed by atoms with Gasteiger partial charge < -0.3 is 34.6 Å². The summed E-state index contributed by atoms with van der Waals surface area (Å²) in [5, 5.41) is 46.7. The van der Waals surface area contributed by atoms with E-state index in [9.17, 15) is 34.8 Å². The Hall–Kier alpha value is -2.63. The largest absolute Gasteiger partial charge is 0.455 e. The second kappa shape index (κ2) is 8.94. The van der Waals surface area contributed by atoms with Gasteiger partial charge in [0.25, 0.3) is 0 Å². The van der Waals surface area contributed by atoms with Crippen LogP contribution in [0.1, 0.15) is 57.8 Å². The van der Waals surface area contributed by atoms with Gasteiger partial charge in [-0.05, 0) is 37.1 Å². The third kappa shape index (κ3) is 3.62. The summed E-state index contributed by atoms with van der Waals surface area (Å²) in [6.45, 7) is 7.29. The normalized spacial score (nSPS) is 42.7. The monoisotopic (exact) mass is 544 g/mol. The second-order valence-corrected chi connectivity index (χ2v) is 12.2. The molecule has 1 aromatic rings. The minimum absolute atomic E-state index is 0.0828. The summed E-state index contributed by atoms with van der Waals surface area (Å²) in [5.41, 5.74) is -6.24. The topological polar surface area (TPSA) is 160 Å². The third-order valence-electron chi connectivity index (χ3n) is 9.95. The van der Waals surface area contributed by atoms with E-state index in [4.69, 9.17) is 14.2 Å². The molecule has 1 saturated heterocycles. The first-order valence-corrected chi connectivity index (χ1v) is 13.2. The predicted octanol–water partition coefficient (Wildman–Crippen LogP) is 1.08. The number of carbonyl (C=O) groups is 3. The number of esters is 2. The molecule has 1 aromatic carbocycles. The number of aliphatic hydroxyl groups is 4. The molecule has 0 amide bonds. The zero-order chi connectivity index (χ0) is 28.7. The summed E-state index contributed by atoms with van der Waals surface area (Å²) in [4.78, 5) is 40.3. The Bertz CT molecular complexity index is 1240. The lowest BCUT2D eigenvalue weighted by atomic mass is 9.44. The fourth-order valence-electron chi connectivity index (χ4n) is 7.66. The molecule has 0 aromatic heterocycles. The van der Waals surface area contributed by atoms with Crippen LogP contribution in [-0.4, -0.2) is 86.5 Å². The van der Waals surface area contributed by atoms with Gasteiger partial charge in [-0.1, -0.05) is 32.0 Å². The van der Waals surface area contributed by atoms with E-state index in [1.54, 1.807) is 39.0 Å². The number of hydrogen-bond acceptors (Lipinski definition) is 10. The Balaban J connectivity index is 1.81. The average Bonchev–Trinajstić information content (AvgIpc) is 2.87. The van der Waals surface area contributed by atoms with E-state index in [2.05, 4.69) is 0 Å². The Kier molecular flexibility index (Phi) is 6.40. The Labute approximate surface area is 226 Å². The number of fused-ring (bicyclic) bond motifs is 5. The van der Waals surface area contributed by atoms with Crippen LogP contribution in [0.5, 0.6) is 0 Å². The van der Waals surface area contributed by atoms with Crippen molar-refractivity contribution in [3.63, 3.8) is 0 Å². The maximum Gasteiger partial charge on any atom is 0.338 e. The van der Waals surface area contributed by atoms with Gasteiger partial charge in [0.2, 0.25) is 0 Å². The number of hydrogen-bond donors (Lipinski definition) is 4. The Morgan fingerprint density at radius 1 is 1.08 bits per heavy atom. The number of rotatable bonds is 3. The van der Waals surface area contributed by atoms with Crippen molar-refractivity contribution in [2.24, 2.45) is 16.7 Å². The number of ketones is 1. The van der Waals surface area contributed by atoms with Crippen LogP contribution in [0.3, 0.4) is 0 Å². The number of benzene rings is 1. The van der Waals surface area contributed by atoms with Crippen LogP contribution >= 0.6 is 0 Å². The summed E-state index contributed by atoms with van der Waals surface area (Å²) in [5.74, 6) is -3.60. The van der Waals surface area contributed by atoms with Gasteiger partial charge >= 0.3 is 11.9 Å². The van der Waals surface area contributed by atoms with Crippen molar-refractivity contribution in [3.8, 4) is 0 Å². The molecule has 39 heavy (non-hydrogen) atoms. The van der Waals surface area contributed by atoms with Crippen molar-refractivity contribution in [2.75, 3.05) is 6.61 Å². The van der Waals surface area contributed by atoms with Crippen LogP contribution in [0.15, 0.2) is 41.5 Å². The Morgan fingerprint density at radius 2 is 1.72 bits per heavy atom. The van der Waals surface area contributed by atoms with Gasteiger partial charge in [0, 0.05) is 25.2 Å². The van der Waals surface area contributed by atoms with E-state index in [1.165, 1.54) is 26.0 Å². The van der Waals surface area contributed by atoms with E-state index >= 15 is 0 Å². The molecule has 0 spiro atoms. The molecule has 3 aliphatic carbocycles. The molecule has 3 fully saturated rings. The van der Waals surface area contributed by atoms with E-state index in [1.807, 2.05) is 0 Å². The molecule has 9 atom stereocenters. The summed E-state index contributed by atoms with van der Waals surface area (Å²) < 4.78 is 17.7. The zero-order valence-corrected chi connectivity index (χ0v) is 22.7. The van der Waals surface area contributed by atoms with Crippen molar-refractivity contribution in [2.45, 2.75) is 89.2 Å². The van der Waals surface area contributed by atoms with Gasteiger partial charge in [-0.3, -0.25) is 9.59 Å². The van der Waals surface area contributed by atoms with Crippen molar-refractivity contribution in [1.29, 1.82) is 0 Å². The highest BCUT2D eigenvalue weighted by Crippen LogP contribution is 2.63. The van der Waals surface area contributed by atoms with Gasteiger partial charge in [-0.25, -0.2) is 4.79 Å². The number of carbonyl (C=O) groups excluding carboxylic acids is 3. The number of ether oxygens (including phenoxy) is 3. The number of Topliss-reactive ketones (excluding diaryl/α,β-unsaturated/α-hetero) is 1. The highest BCUT2D eigenvalue weighted by atomic mass is 16.6.